The van der Waals surface area contributed by atoms with E-state index in [2.05, 4.69) is 15.8 Å². The lowest BCUT2D eigenvalue weighted by Crippen LogP contribution is -2.40. The number of sulfonamides is 1. The number of carbonyl (C=O) groups excluding carboxylic acids is 2. The van der Waals surface area contributed by atoms with Crippen LogP contribution < -0.4 is 15.0 Å². The largest absolute Gasteiger partial charge is 0.326 e. The van der Waals surface area contributed by atoms with Gasteiger partial charge in [0, 0.05) is 12.6 Å². The Kier molecular flexibility index (Phi) is 8.38. The second-order valence-corrected chi connectivity index (χ2v) is 9.66. The number of aryl methyl sites for hydroxylation is 1. The molecule has 0 saturated heterocycles. The van der Waals surface area contributed by atoms with Gasteiger partial charge in [0.2, 0.25) is 5.91 Å². The third-order valence-corrected chi connectivity index (χ3v) is 7.00. The van der Waals surface area contributed by atoms with Crippen molar-refractivity contribution in [2.24, 2.45) is 5.10 Å². The predicted molar refractivity (Wildman–Crippen MR) is 138 cm³/mol. The highest BCUT2D eigenvalue weighted by atomic mass is 32.2. The minimum atomic E-state index is -4.00. The van der Waals surface area contributed by atoms with Crippen LogP contribution in [0.15, 0.2) is 88.9 Å². The van der Waals surface area contributed by atoms with E-state index in [0.29, 0.717) is 23.5 Å². The molecule has 0 aliphatic heterocycles. The molecule has 0 aromatic heterocycles. The van der Waals surface area contributed by atoms with E-state index in [0.717, 1.165) is 15.4 Å². The standard InChI is InChI=1S/C26H28N4O4S/c1-4-21-10-8-9-13-25(21)30(35(33,34)24-11-6-5-7-12-24)18-26(32)29-28-19(2)22-14-16-23(17-15-22)27-20(3)31/h5-17H,4,18H2,1-3H3,(H,27,31)(H,29,32)/b28-19-. The lowest BCUT2D eigenvalue weighted by molar-refractivity contribution is -0.119. The van der Waals surface area contributed by atoms with Gasteiger partial charge in [0.15, 0.2) is 0 Å². The lowest BCUT2D eigenvalue weighted by Gasteiger charge is -2.25. The van der Waals surface area contributed by atoms with Crippen molar-refractivity contribution in [2.45, 2.75) is 32.1 Å². The number of benzene rings is 3. The fourth-order valence-corrected chi connectivity index (χ4v) is 4.93. The normalized spacial score (nSPS) is 11.6. The molecule has 3 aromatic carbocycles. The third kappa shape index (κ3) is 6.54. The summed E-state index contributed by atoms with van der Waals surface area (Å²) in [5.41, 5.74) is 5.63. The maximum atomic E-state index is 13.5. The molecule has 182 valence electrons. The fraction of sp³-hybridized carbons (Fsp3) is 0.192. The van der Waals surface area contributed by atoms with Crippen molar-refractivity contribution in [1.29, 1.82) is 0 Å². The van der Waals surface area contributed by atoms with Crippen LogP contribution in [0, 0.1) is 0 Å². The molecule has 0 fully saturated rings. The average Bonchev–Trinajstić information content (AvgIpc) is 2.86. The van der Waals surface area contributed by atoms with Gasteiger partial charge in [0.25, 0.3) is 15.9 Å². The first-order valence-corrected chi connectivity index (χ1v) is 12.5. The average molecular weight is 493 g/mol. The molecule has 0 saturated carbocycles. The Morgan fingerprint density at radius 3 is 2.14 bits per heavy atom. The Hall–Kier alpha value is -3.98. The number of para-hydroxylation sites is 1. The molecule has 2 amide bonds. The zero-order valence-corrected chi connectivity index (χ0v) is 20.7. The predicted octanol–water partition coefficient (Wildman–Crippen LogP) is 3.94. The highest BCUT2D eigenvalue weighted by Gasteiger charge is 2.28. The summed E-state index contributed by atoms with van der Waals surface area (Å²) in [6.07, 6.45) is 0.602. The Labute approximate surface area is 205 Å². The Balaban J connectivity index is 1.84. The van der Waals surface area contributed by atoms with Gasteiger partial charge >= 0.3 is 0 Å². The van der Waals surface area contributed by atoms with Crippen LogP contribution >= 0.6 is 0 Å². The number of hydrazone groups is 1. The molecule has 0 radical (unpaired) electrons. The first-order chi connectivity index (χ1) is 16.7. The van der Waals surface area contributed by atoms with Crippen molar-refractivity contribution >= 4 is 38.9 Å². The zero-order valence-electron chi connectivity index (χ0n) is 19.9. The summed E-state index contributed by atoms with van der Waals surface area (Å²) in [5, 5.41) is 6.82. The van der Waals surface area contributed by atoms with Crippen LogP contribution in [-0.2, 0) is 26.0 Å². The number of carbonyl (C=O) groups is 2. The van der Waals surface area contributed by atoms with Crippen LogP contribution in [0.5, 0.6) is 0 Å². The molecule has 0 bridgehead atoms. The van der Waals surface area contributed by atoms with Crippen LogP contribution in [0.25, 0.3) is 0 Å². The van der Waals surface area contributed by atoms with E-state index in [-0.39, 0.29) is 10.8 Å². The number of amides is 2. The summed E-state index contributed by atoms with van der Waals surface area (Å²) in [6, 6.07) is 22.1. The monoisotopic (exact) mass is 492 g/mol. The van der Waals surface area contributed by atoms with Gasteiger partial charge < -0.3 is 5.32 Å². The highest BCUT2D eigenvalue weighted by molar-refractivity contribution is 7.92. The Morgan fingerprint density at radius 1 is 0.886 bits per heavy atom. The third-order valence-electron chi connectivity index (χ3n) is 5.23. The van der Waals surface area contributed by atoms with Crippen molar-refractivity contribution in [2.75, 3.05) is 16.2 Å². The van der Waals surface area contributed by atoms with E-state index < -0.39 is 22.5 Å². The minimum absolute atomic E-state index is 0.0950. The molecule has 8 nitrogen and oxygen atoms in total. The van der Waals surface area contributed by atoms with Crippen LogP contribution in [-0.4, -0.2) is 32.5 Å². The van der Waals surface area contributed by atoms with E-state index in [4.69, 9.17) is 0 Å². The zero-order chi connectivity index (χ0) is 25.4. The minimum Gasteiger partial charge on any atom is -0.326 e. The van der Waals surface area contributed by atoms with Gasteiger partial charge in [-0.05, 0) is 54.8 Å². The molecule has 0 aliphatic carbocycles. The molecular weight excluding hydrogens is 464 g/mol. The molecule has 0 heterocycles. The van der Waals surface area contributed by atoms with E-state index in [1.807, 2.05) is 19.1 Å². The summed E-state index contributed by atoms with van der Waals surface area (Å²) in [4.78, 5) is 24.1. The Morgan fingerprint density at radius 2 is 1.51 bits per heavy atom. The topological polar surface area (TPSA) is 108 Å². The number of rotatable bonds is 9. The number of nitrogens with one attached hydrogen (secondary N) is 2. The van der Waals surface area contributed by atoms with Crippen molar-refractivity contribution in [3.05, 3.63) is 90.0 Å². The van der Waals surface area contributed by atoms with Crippen LogP contribution in [0.3, 0.4) is 0 Å². The van der Waals surface area contributed by atoms with E-state index in [1.54, 1.807) is 61.5 Å². The summed E-state index contributed by atoms with van der Waals surface area (Å²) < 4.78 is 28.1. The maximum Gasteiger partial charge on any atom is 0.264 e. The first-order valence-electron chi connectivity index (χ1n) is 11.1. The van der Waals surface area contributed by atoms with Gasteiger partial charge in [-0.1, -0.05) is 55.5 Å². The van der Waals surface area contributed by atoms with Gasteiger partial charge in [-0.25, -0.2) is 13.8 Å². The second kappa shape index (κ2) is 11.4. The van der Waals surface area contributed by atoms with Gasteiger partial charge in [-0.3, -0.25) is 13.9 Å². The number of nitrogens with zero attached hydrogens (tertiary/aromatic N) is 2. The first kappa shape index (κ1) is 25.6. The van der Waals surface area contributed by atoms with Crippen molar-refractivity contribution < 1.29 is 18.0 Å². The molecule has 3 rings (SSSR count). The van der Waals surface area contributed by atoms with Crippen molar-refractivity contribution in [3.8, 4) is 0 Å². The molecular formula is C26H28N4O4S. The van der Waals surface area contributed by atoms with Crippen molar-refractivity contribution in [3.63, 3.8) is 0 Å². The summed E-state index contributed by atoms with van der Waals surface area (Å²) in [5.74, 6) is -0.750. The SMILES string of the molecule is CCc1ccccc1N(CC(=O)N/N=C(/C)c1ccc(NC(C)=O)cc1)S(=O)(=O)c1ccccc1. The molecule has 35 heavy (non-hydrogen) atoms. The number of anilines is 2. The quantitative estimate of drug-likeness (QED) is 0.348. The number of hydrogen-bond acceptors (Lipinski definition) is 5. The molecule has 0 aliphatic rings. The van der Waals surface area contributed by atoms with E-state index >= 15 is 0 Å². The van der Waals surface area contributed by atoms with Crippen molar-refractivity contribution in [1.82, 2.24) is 5.43 Å². The van der Waals surface area contributed by atoms with Crippen LogP contribution in [0.1, 0.15) is 31.9 Å². The smallest absolute Gasteiger partial charge is 0.264 e. The molecule has 0 unspecified atom stereocenters. The Bertz CT molecular complexity index is 1320. The fourth-order valence-electron chi connectivity index (χ4n) is 3.45. The van der Waals surface area contributed by atoms with Gasteiger partial charge in [0.05, 0.1) is 16.3 Å². The second-order valence-electron chi connectivity index (χ2n) is 7.80. The van der Waals surface area contributed by atoms with Gasteiger partial charge in [-0.15, -0.1) is 0 Å². The maximum absolute atomic E-state index is 13.5. The lowest BCUT2D eigenvalue weighted by atomic mass is 10.1. The van der Waals surface area contributed by atoms with Gasteiger partial charge in [-0.2, -0.15) is 5.10 Å². The molecule has 2 N–H and O–H groups in total. The van der Waals surface area contributed by atoms with E-state index in [9.17, 15) is 18.0 Å². The summed E-state index contributed by atoms with van der Waals surface area (Å²) in [6.45, 7) is 4.64. The molecule has 3 aromatic rings. The van der Waals surface area contributed by atoms with Crippen LogP contribution in [0.4, 0.5) is 11.4 Å². The number of hydrogen-bond donors (Lipinski definition) is 2. The summed E-state index contributed by atoms with van der Waals surface area (Å²) >= 11 is 0. The van der Waals surface area contributed by atoms with E-state index in [1.165, 1.54) is 19.1 Å². The molecule has 0 atom stereocenters. The molecule has 0 spiro atoms. The van der Waals surface area contributed by atoms with Gasteiger partial charge in [0.1, 0.15) is 6.54 Å². The molecule has 9 heteroatoms. The highest BCUT2D eigenvalue weighted by Crippen LogP contribution is 2.27. The van der Waals surface area contributed by atoms with Crippen LogP contribution in [0.2, 0.25) is 0 Å². The summed E-state index contributed by atoms with van der Waals surface area (Å²) in [7, 11) is -4.00.